The van der Waals surface area contributed by atoms with Crippen molar-refractivity contribution < 1.29 is 4.79 Å². The monoisotopic (exact) mass is 251 g/mol. The molecule has 1 aromatic heterocycles. The van der Waals surface area contributed by atoms with Gasteiger partial charge < -0.3 is 0 Å². The predicted octanol–water partition coefficient (Wildman–Crippen LogP) is 3.12. The number of nitrogens with zero attached hydrogens (tertiary/aromatic N) is 1. The maximum atomic E-state index is 12.0. The van der Waals surface area contributed by atoms with Gasteiger partial charge in [-0.15, -0.1) is 11.6 Å². The molecule has 0 unspecified atom stereocenters. The molecule has 2 aliphatic rings. The highest BCUT2D eigenvalue weighted by atomic mass is 35.5. The third kappa shape index (κ3) is 1.74. The quantitative estimate of drug-likeness (QED) is 0.703. The van der Waals surface area contributed by atoms with Crippen molar-refractivity contribution in [3.63, 3.8) is 0 Å². The van der Waals surface area contributed by atoms with Gasteiger partial charge in [-0.05, 0) is 62.5 Å². The van der Waals surface area contributed by atoms with Crippen LogP contribution in [-0.4, -0.2) is 16.4 Å². The Morgan fingerprint density at radius 2 is 1.41 bits per heavy atom. The van der Waals surface area contributed by atoms with E-state index in [0.29, 0.717) is 0 Å². The van der Waals surface area contributed by atoms with Gasteiger partial charge in [0.15, 0.2) is 0 Å². The van der Waals surface area contributed by atoms with E-state index in [1.807, 2.05) is 4.57 Å². The second kappa shape index (κ2) is 4.49. The van der Waals surface area contributed by atoms with Crippen LogP contribution in [0.3, 0.4) is 0 Å². The van der Waals surface area contributed by atoms with Gasteiger partial charge in [0.05, 0.1) is 0 Å². The minimum Gasteiger partial charge on any atom is -0.287 e. The van der Waals surface area contributed by atoms with Crippen molar-refractivity contribution in [3.8, 4) is 0 Å². The highest BCUT2D eigenvalue weighted by Crippen LogP contribution is 2.34. The van der Waals surface area contributed by atoms with Gasteiger partial charge in [-0.25, -0.2) is 0 Å². The smallest absolute Gasteiger partial charge is 0.245 e. The van der Waals surface area contributed by atoms with Crippen LogP contribution in [0.2, 0.25) is 0 Å². The Balaban J connectivity index is 2.18. The number of hydrogen-bond donors (Lipinski definition) is 0. The summed E-state index contributed by atoms with van der Waals surface area (Å²) in [6.07, 6.45) is 9.43. The maximum absolute atomic E-state index is 12.0. The molecule has 2 aliphatic carbocycles. The van der Waals surface area contributed by atoms with E-state index in [1.54, 1.807) is 0 Å². The third-order valence-electron chi connectivity index (χ3n) is 4.15. The van der Waals surface area contributed by atoms with Crippen LogP contribution in [0.4, 0.5) is 0 Å². The van der Waals surface area contributed by atoms with Crippen molar-refractivity contribution in [2.75, 3.05) is 5.88 Å². The van der Waals surface area contributed by atoms with Crippen molar-refractivity contribution in [3.05, 3.63) is 22.5 Å². The van der Waals surface area contributed by atoms with Gasteiger partial charge in [-0.1, -0.05) is 0 Å². The van der Waals surface area contributed by atoms with E-state index in [4.69, 9.17) is 11.6 Å². The van der Waals surface area contributed by atoms with E-state index < -0.39 is 0 Å². The Labute approximate surface area is 107 Å². The van der Waals surface area contributed by atoms with E-state index in [0.717, 1.165) is 12.8 Å². The molecular formula is C14H18ClNO. The SMILES string of the molecule is O=C(CCl)n1c2c(c3c1CCCC3)CCCC2. The number of carbonyl (C=O) groups excluding carboxylic acids is 1. The number of halogens is 1. The molecule has 0 saturated heterocycles. The standard InChI is InChI=1S/C14H18ClNO/c15-9-14(17)16-12-7-3-1-5-10(12)11-6-2-4-8-13(11)16/h1-9H2. The second-order valence-corrected chi connectivity index (χ2v) is 5.39. The number of hydrogen-bond acceptors (Lipinski definition) is 1. The van der Waals surface area contributed by atoms with Crippen LogP contribution in [0.25, 0.3) is 0 Å². The molecule has 17 heavy (non-hydrogen) atoms. The van der Waals surface area contributed by atoms with Crippen molar-refractivity contribution in [1.29, 1.82) is 0 Å². The van der Waals surface area contributed by atoms with Gasteiger partial charge in [0.2, 0.25) is 5.91 Å². The van der Waals surface area contributed by atoms with E-state index in [9.17, 15) is 4.79 Å². The van der Waals surface area contributed by atoms with Gasteiger partial charge in [0.25, 0.3) is 0 Å². The van der Waals surface area contributed by atoms with Crippen LogP contribution in [0.15, 0.2) is 0 Å². The average Bonchev–Trinajstić information content (AvgIpc) is 2.72. The van der Waals surface area contributed by atoms with Crippen molar-refractivity contribution in [1.82, 2.24) is 4.57 Å². The molecule has 0 radical (unpaired) electrons. The van der Waals surface area contributed by atoms with Crippen molar-refractivity contribution in [2.45, 2.75) is 51.4 Å². The number of rotatable bonds is 1. The average molecular weight is 252 g/mol. The Bertz CT molecular complexity index is 428. The molecule has 92 valence electrons. The summed E-state index contributed by atoms with van der Waals surface area (Å²) in [7, 11) is 0. The van der Waals surface area contributed by atoms with Crippen LogP contribution in [0, 0.1) is 0 Å². The summed E-state index contributed by atoms with van der Waals surface area (Å²) in [5.74, 6) is 0.182. The lowest BCUT2D eigenvalue weighted by Gasteiger charge is -2.15. The topological polar surface area (TPSA) is 22.0 Å². The molecule has 3 heteroatoms. The Morgan fingerprint density at radius 1 is 0.941 bits per heavy atom. The molecule has 0 saturated carbocycles. The Hall–Kier alpha value is -0.760. The largest absolute Gasteiger partial charge is 0.287 e. The molecule has 0 amide bonds. The van der Waals surface area contributed by atoms with E-state index >= 15 is 0 Å². The summed E-state index contributed by atoms with van der Waals surface area (Å²) in [6.45, 7) is 0. The van der Waals surface area contributed by atoms with Crippen LogP contribution < -0.4 is 0 Å². The van der Waals surface area contributed by atoms with E-state index in [-0.39, 0.29) is 11.8 Å². The normalized spacial score (nSPS) is 18.6. The minimum absolute atomic E-state index is 0.0768. The molecule has 3 rings (SSSR count). The molecule has 0 N–H and O–H groups in total. The lowest BCUT2D eigenvalue weighted by Crippen LogP contribution is -2.20. The van der Waals surface area contributed by atoms with Crippen LogP contribution in [0.5, 0.6) is 0 Å². The Morgan fingerprint density at radius 3 is 1.88 bits per heavy atom. The number of carbonyl (C=O) groups is 1. The number of alkyl halides is 1. The summed E-state index contributed by atoms with van der Waals surface area (Å²) in [5.41, 5.74) is 5.55. The summed E-state index contributed by atoms with van der Waals surface area (Å²) >= 11 is 5.76. The lowest BCUT2D eigenvalue weighted by atomic mass is 9.89. The zero-order chi connectivity index (χ0) is 11.8. The van der Waals surface area contributed by atoms with Gasteiger partial charge in [0.1, 0.15) is 5.88 Å². The maximum Gasteiger partial charge on any atom is 0.245 e. The van der Waals surface area contributed by atoms with E-state index in [2.05, 4.69) is 0 Å². The first-order valence-electron chi connectivity index (χ1n) is 6.66. The van der Waals surface area contributed by atoms with Crippen molar-refractivity contribution in [2.24, 2.45) is 0 Å². The lowest BCUT2D eigenvalue weighted by molar-refractivity contribution is 0.0933. The first kappa shape index (κ1) is 11.3. The molecule has 1 heterocycles. The summed E-state index contributed by atoms with van der Waals surface area (Å²) in [6, 6.07) is 0. The molecule has 0 aromatic carbocycles. The predicted molar refractivity (Wildman–Crippen MR) is 69.1 cm³/mol. The zero-order valence-electron chi connectivity index (χ0n) is 10.1. The molecule has 0 bridgehead atoms. The minimum atomic E-state index is 0.0768. The van der Waals surface area contributed by atoms with Gasteiger partial charge in [-0.3, -0.25) is 9.36 Å². The molecule has 2 nitrogen and oxygen atoms in total. The van der Waals surface area contributed by atoms with Crippen LogP contribution in [-0.2, 0) is 25.7 Å². The highest BCUT2D eigenvalue weighted by molar-refractivity contribution is 6.27. The molecule has 0 fully saturated rings. The molecule has 1 aromatic rings. The van der Waals surface area contributed by atoms with Crippen molar-refractivity contribution >= 4 is 17.5 Å². The van der Waals surface area contributed by atoms with Gasteiger partial charge >= 0.3 is 0 Å². The third-order valence-corrected chi connectivity index (χ3v) is 4.37. The second-order valence-electron chi connectivity index (χ2n) is 5.13. The number of aromatic nitrogens is 1. The summed E-state index contributed by atoms with van der Waals surface area (Å²) in [4.78, 5) is 12.0. The van der Waals surface area contributed by atoms with E-state index in [1.165, 1.54) is 61.0 Å². The molecule has 0 spiro atoms. The highest BCUT2D eigenvalue weighted by Gasteiger charge is 2.28. The first-order chi connectivity index (χ1) is 8.33. The molecular weight excluding hydrogens is 234 g/mol. The zero-order valence-corrected chi connectivity index (χ0v) is 10.9. The summed E-state index contributed by atoms with van der Waals surface area (Å²) < 4.78 is 1.97. The van der Waals surface area contributed by atoms with Crippen LogP contribution in [0.1, 0.15) is 53.0 Å². The molecule has 0 aliphatic heterocycles. The fourth-order valence-electron chi connectivity index (χ4n) is 3.45. The fraction of sp³-hybridized carbons (Fsp3) is 0.643. The summed E-state index contributed by atoms with van der Waals surface area (Å²) in [5, 5.41) is 0. The number of fused-ring (bicyclic) bond motifs is 3. The van der Waals surface area contributed by atoms with Crippen LogP contribution >= 0.6 is 11.6 Å². The fourth-order valence-corrected chi connectivity index (χ4v) is 3.57. The Kier molecular flexibility index (Phi) is 2.99. The first-order valence-corrected chi connectivity index (χ1v) is 7.19. The van der Waals surface area contributed by atoms with Gasteiger partial charge in [0, 0.05) is 11.4 Å². The molecule has 0 atom stereocenters. The van der Waals surface area contributed by atoms with Gasteiger partial charge in [-0.2, -0.15) is 0 Å².